The van der Waals surface area contributed by atoms with E-state index in [9.17, 15) is 14.4 Å². The Kier molecular flexibility index (Phi) is 4.60. The quantitative estimate of drug-likeness (QED) is 0.653. The molecule has 1 aliphatic heterocycles. The molecule has 0 aromatic heterocycles. The second-order valence-electron chi connectivity index (χ2n) is 4.43. The first-order chi connectivity index (χ1) is 10.1. The van der Waals surface area contributed by atoms with Crippen LogP contribution in [0.3, 0.4) is 0 Å². The summed E-state index contributed by atoms with van der Waals surface area (Å²) in [5, 5.41) is 4.89. The molecule has 8 heteroatoms. The Morgan fingerprint density at radius 1 is 1.24 bits per heavy atom. The van der Waals surface area contributed by atoms with E-state index in [0.717, 1.165) is 5.56 Å². The number of amides is 3. The molecular weight excluding hydrogens is 278 g/mol. The van der Waals surface area contributed by atoms with Crippen LogP contribution in [0.2, 0.25) is 0 Å². The lowest BCUT2D eigenvalue weighted by Gasteiger charge is -2.35. The fourth-order valence-electron chi connectivity index (χ4n) is 1.81. The van der Waals surface area contributed by atoms with Crippen molar-refractivity contribution in [3.63, 3.8) is 0 Å². The summed E-state index contributed by atoms with van der Waals surface area (Å²) in [4.78, 5) is 33.4. The first kappa shape index (κ1) is 14.6. The maximum absolute atomic E-state index is 11.6. The molecule has 1 aromatic rings. The van der Waals surface area contributed by atoms with Gasteiger partial charge in [-0.05, 0) is 5.56 Å². The third-order valence-electron chi connectivity index (χ3n) is 2.90. The number of hydrogen-bond donors (Lipinski definition) is 3. The van der Waals surface area contributed by atoms with Crippen molar-refractivity contribution >= 4 is 18.1 Å². The summed E-state index contributed by atoms with van der Waals surface area (Å²) in [7, 11) is 0. The van der Waals surface area contributed by atoms with Gasteiger partial charge in [0.15, 0.2) is 0 Å². The molecule has 8 nitrogen and oxygen atoms in total. The smallest absolute Gasteiger partial charge is 0.408 e. The highest BCUT2D eigenvalue weighted by Gasteiger charge is 2.41. The maximum atomic E-state index is 11.6. The van der Waals surface area contributed by atoms with E-state index in [1.54, 1.807) is 0 Å². The lowest BCUT2D eigenvalue weighted by atomic mass is 10.0. The number of β-lactam (4-membered cyclic amide) rings is 1. The number of rotatable bonds is 5. The SMILES string of the molecule is NC(=O)OC[C@H]1NC(=O)[C@H]1NC(=O)OCc1ccccc1. The Bertz CT molecular complexity index is 534. The number of carbonyl (C=O) groups excluding carboxylic acids is 3. The fraction of sp³-hybridized carbons (Fsp3) is 0.308. The second-order valence-corrected chi connectivity index (χ2v) is 4.43. The monoisotopic (exact) mass is 293 g/mol. The van der Waals surface area contributed by atoms with Gasteiger partial charge in [-0.1, -0.05) is 30.3 Å². The Morgan fingerprint density at radius 3 is 2.57 bits per heavy atom. The van der Waals surface area contributed by atoms with Crippen LogP contribution in [0.1, 0.15) is 5.56 Å². The van der Waals surface area contributed by atoms with Gasteiger partial charge >= 0.3 is 12.2 Å². The van der Waals surface area contributed by atoms with Crippen LogP contribution in [0.5, 0.6) is 0 Å². The summed E-state index contributed by atoms with van der Waals surface area (Å²) in [6, 6.07) is 7.83. The van der Waals surface area contributed by atoms with E-state index in [-0.39, 0.29) is 19.1 Å². The average Bonchev–Trinajstić information content (AvgIpc) is 2.47. The normalized spacial score (nSPS) is 19.9. The van der Waals surface area contributed by atoms with Gasteiger partial charge in [0.1, 0.15) is 19.3 Å². The minimum Gasteiger partial charge on any atom is -0.447 e. The number of carbonyl (C=O) groups is 3. The van der Waals surface area contributed by atoms with E-state index in [4.69, 9.17) is 10.5 Å². The van der Waals surface area contributed by atoms with Crippen LogP contribution in [0.4, 0.5) is 9.59 Å². The number of ether oxygens (including phenoxy) is 2. The van der Waals surface area contributed by atoms with Crippen molar-refractivity contribution in [1.29, 1.82) is 0 Å². The molecule has 2 rings (SSSR count). The minimum atomic E-state index is -0.943. The molecule has 112 valence electrons. The molecule has 4 N–H and O–H groups in total. The molecule has 0 unspecified atom stereocenters. The van der Waals surface area contributed by atoms with Gasteiger partial charge in [0.2, 0.25) is 5.91 Å². The molecule has 1 saturated heterocycles. The largest absolute Gasteiger partial charge is 0.447 e. The van der Waals surface area contributed by atoms with Gasteiger partial charge in [-0.3, -0.25) is 4.79 Å². The predicted molar refractivity (Wildman–Crippen MR) is 71.0 cm³/mol. The lowest BCUT2D eigenvalue weighted by Crippen LogP contribution is -2.70. The third kappa shape index (κ3) is 4.10. The molecule has 1 heterocycles. The second kappa shape index (κ2) is 6.60. The third-order valence-corrected chi connectivity index (χ3v) is 2.90. The number of alkyl carbamates (subject to hydrolysis) is 1. The first-order valence-corrected chi connectivity index (χ1v) is 6.26. The summed E-state index contributed by atoms with van der Waals surface area (Å²) in [6.07, 6.45) is -1.66. The highest BCUT2D eigenvalue weighted by atomic mass is 16.6. The molecular formula is C13H15N3O5. The summed E-state index contributed by atoms with van der Waals surface area (Å²) in [6.45, 7) is -0.00578. The number of nitrogens with two attached hydrogens (primary N) is 1. The molecule has 0 bridgehead atoms. The van der Waals surface area contributed by atoms with E-state index in [0.29, 0.717) is 0 Å². The zero-order valence-electron chi connectivity index (χ0n) is 11.1. The van der Waals surface area contributed by atoms with E-state index in [2.05, 4.69) is 15.4 Å². The highest BCUT2D eigenvalue weighted by molar-refractivity contribution is 5.92. The van der Waals surface area contributed by atoms with E-state index in [1.165, 1.54) is 0 Å². The van der Waals surface area contributed by atoms with Crippen molar-refractivity contribution < 1.29 is 23.9 Å². The highest BCUT2D eigenvalue weighted by Crippen LogP contribution is 2.08. The van der Waals surface area contributed by atoms with Gasteiger partial charge in [-0.2, -0.15) is 0 Å². The van der Waals surface area contributed by atoms with Crippen molar-refractivity contribution in [2.75, 3.05) is 6.61 Å². The van der Waals surface area contributed by atoms with Crippen LogP contribution in [-0.2, 0) is 20.9 Å². The van der Waals surface area contributed by atoms with Crippen LogP contribution >= 0.6 is 0 Å². The number of primary amides is 1. The summed E-state index contributed by atoms with van der Waals surface area (Å²) >= 11 is 0. The molecule has 21 heavy (non-hydrogen) atoms. The minimum absolute atomic E-state index is 0.101. The first-order valence-electron chi connectivity index (χ1n) is 6.26. The van der Waals surface area contributed by atoms with Crippen LogP contribution in [-0.4, -0.2) is 36.8 Å². The van der Waals surface area contributed by atoms with E-state index >= 15 is 0 Å². The van der Waals surface area contributed by atoms with Gasteiger partial charge in [-0.15, -0.1) is 0 Å². The Balaban J connectivity index is 1.76. The zero-order valence-corrected chi connectivity index (χ0v) is 11.1. The molecule has 0 radical (unpaired) electrons. The number of hydrogen-bond acceptors (Lipinski definition) is 5. The Labute approximate surface area is 120 Å². The summed E-state index contributed by atoms with van der Waals surface area (Å²) < 4.78 is 9.56. The van der Waals surface area contributed by atoms with Gasteiger partial charge < -0.3 is 25.8 Å². The maximum Gasteiger partial charge on any atom is 0.408 e. The number of nitrogens with one attached hydrogen (secondary N) is 2. The van der Waals surface area contributed by atoms with E-state index < -0.39 is 24.3 Å². The fourth-order valence-corrected chi connectivity index (χ4v) is 1.81. The lowest BCUT2D eigenvalue weighted by molar-refractivity contribution is -0.132. The van der Waals surface area contributed by atoms with Gasteiger partial charge in [0.05, 0.1) is 6.04 Å². The zero-order chi connectivity index (χ0) is 15.2. The van der Waals surface area contributed by atoms with Crippen molar-refractivity contribution in [2.45, 2.75) is 18.7 Å². The van der Waals surface area contributed by atoms with Crippen molar-refractivity contribution in [1.82, 2.24) is 10.6 Å². The van der Waals surface area contributed by atoms with Crippen LogP contribution in [0, 0.1) is 0 Å². The van der Waals surface area contributed by atoms with Crippen molar-refractivity contribution in [3.05, 3.63) is 35.9 Å². The molecule has 0 aliphatic carbocycles. The summed E-state index contributed by atoms with van der Waals surface area (Å²) in [5.74, 6) is -0.371. The van der Waals surface area contributed by atoms with Gasteiger partial charge in [0.25, 0.3) is 0 Å². The van der Waals surface area contributed by atoms with Crippen LogP contribution in [0.15, 0.2) is 30.3 Å². The topological polar surface area (TPSA) is 120 Å². The molecule has 0 spiro atoms. The molecule has 3 amide bonds. The predicted octanol–water partition coefficient (Wildman–Crippen LogP) is -0.125. The Morgan fingerprint density at radius 2 is 1.95 bits per heavy atom. The molecule has 1 fully saturated rings. The average molecular weight is 293 g/mol. The Hall–Kier alpha value is -2.77. The molecule has 1 aromatic carbocycles. The summed E-state index contributed by atoms with van der Waals surface area (Å²) in [5.41, 5.74) is 5.66. The van der Waals surface area contributed by atoms with Gasteiger partial charge in [-0.25, -0.2) is 9.59 Å². The molecule has 0 saturated carbocycles. The van der Waals surface area contributed by atoms with E-state index in [1.807, 2.05) is 30.3 Å². The molecule has 2 atom stereocenters. The van der Waals surface area contributed by atoms with Crippen molar-refractivity contribution in [3.8, 4) is 0 Å². The van der Waals surface area contributed by atoms with Gasteiger partial charge in [0, 0.05) is 0 Å². The van der Waals surface area contributed by atoms with Crippen LogP contribution in [0.25, 0.3) is 0 Å². The van der Waals surface area contributed by atoms with Crippen molar-refractivity contribution in [2.24, 2.45) is 5.73 Å². The molecule has 1 aliphatic rings. The number of benzene rings is 1. The van der Waals surface area contributed by atoms with Crippen LogP contribution < -0.4 is 16.4 Å². The standard InChI is InChI=1S/C13H15N3O5/c14-12(18)20-7-9-10(11(17)15-9)16-13(19)21-6-8-4-2-1-3-5-8/h1-5,9-10H,6-7H2,(H2,14,18)(H,15,17)(H,16,19)/t9-,10+/m1/s1.